The van der Waals surface area contributed by atoms with E-state index in [0.29, 0.717) is 5.92 Å². The van der Waals surface area contributed by atoms with Crippen LogP contribution < -0.4 is 0 Å². The lowest BCUT2D eigenvalue weighted by Crippen LogP contribution is -2.38. The molecule has 27 heavy (non-hydrogen) atoms. The van der Waals surface area contributed by atoms with Crippen molar-refractivity contribution in [2.75, 3.05) is 0 Å². The molecule has 148 valence electrons. The Labute approximate surface area is 164 Å². The van der Waals surface area contributed by atoms with Crippen LogP contribution in [-0.4, -0.2) is 12.1 Å². The first-order valence-corrected chi connectivity index (χ1v) is 12.1. The highest BCUT2D eigenvalue weighted by Crippen LogP contribution is 2.64. The van der Waals surface area contributed by atoms with Crippen molar-refractivity contribution in [2.45, 2.75) is 76.7 Å². The van der Waals surface area contributed by atoms with Crippen LogP contribution in [0.25, 0.3) is 0 Å². The van der Waals surface area contributed by atoms with Crippen LogP contribution in [0.3, 0.4) is 0 Å². The highest BCUT2D eigenvalue weighted by Gasteiger charge is 2.58. The Hall–Kier alpha value is -0.790. The Balaban J connectivity index is 1.20. The molecule has 0 aromatic carbocycles. The number of hydrogen-bond donors (Lipinski definition) is 0. The second kappa shape index (κ2) is 6.36. The fourth-order valence-electron chi connectivity index (χ4n) is 9.84. The minimum absolute atomic E-state index is 0.173. The van der Waals surface area contributed by atoms with Crippen LogP contribution in [-0.2, 0) is 9.53 Å². The van der Waals surface area contributed by atoms with Crippen molar-refractivity contribution in [3.05, 3.63) is 12.7 Å². The summed E-state index contributed by atoms with van der Waals surface area (Å²) in [7, 11) is 0. The van der Waals surface area contributed by atoms with Crippen molar-refractivity contribution in [1.82, 2.24) is 0 Å². The average Bonchev–Trinajstić information content (AvgIpc) is 3.47. The molecule has 11 unspecified atom stereocenters. The van der Waals surface area contributed by atoms with Gasteiger partial charge in [0.05, 0.1) is 0 Å². The van der Waals surface area contributed by atoms with E-state index in [1.165, 1.54) is 70.3 Å². The second-order valence-electron chi connectivity index (χ2n) is 11.1. The van der Waals surface area contributed by atoms with Crippen LogP contribution >= 0.6 is 0 Å². The van der Waals surface area contributed by atoms with Gasteiger partial charge >= 0.3 is 5.97 Å². The maximum absolute atomic E-state index is 12.2. The van der Waals surface area contributed by atoms with Crippen LogP contribution in [0.1, 0.15) is 70.6 Å². The summed E-state index contributed by atoms with van der Waals surface area (Å²) >= 11 is 0. The maximum Gasteiger partial charge on any atom is 0.330 e. The summed E-state index contributed by atoms with van der Waals surface area (Å²) < 4.78 is 6.11. The van der Waals surface area contributed by atoms with E-state index in [1.807, 2.05) is 0 Å². The molecule has 2 nitrogen and oxygen atoms in total. The fourth-order valence-corrected chi connectivity index (χ4v) is 9.84. The van der Waals surface area contributed by atoms with Gasteiger partial charge in [-0.2, -0.15) is 0 Å². The molecule has 0 aromatic heterocycles. The molecule has 0 heterocycles. The van der Waals surface area contributed by atoms with Gasteiger partial charge in [-0.25, -0.2) is 4.79 Å². The topological polar surface area (TPSA) is 26.3 Å². The standard InChI is InChI=1S/C25H36O2/c1-2-25(26)27-24(23-12-16-11-22(23)20-8-4-6-18(16)20)13-15-9-14-10-21(15)19-7-3-5-17(14)19/h2,14-24H,1,3-13H2. The summed E-state index contributed by atoms with van der Waals surface area (Å²) in [5.74, 6) is 9.10. The van der Waals surface area contributed by atoms with Crippen molar-refractivity contribution < 1.29 is 9.53 Å². The number of ether oxygens (including phenoxy) is 1. The van der Waals surface area contributed by atoms with Crippen molar-refractivity contribution >= 4 is 5.97 Å². The SMILES string of the molecule is C=CC(=O)OC(CC1CC2CC1C1CCCC21)C1CC2CC1C1CCCC21. The number of rotatable bonds is 5. The normalized spacial score (nSPS) is 52.7. The molecule has 2 heteroatoms. The van der Waals surface area contributed by atoms with Crippen LogP contribution in [0.15, 0.2) is 12.7 Å². The van der Waals surface area contributed by atoms with E-state index < -0.39 is 0 Å². The first-order chi connectivity index (χ1) is 13.2. The van der Waals surface area contributed by atoms with Gasteiger partial charge in [0.1, 0.15) is 6.10 Å². The molecule has 0 aliphatic heterocycles. The van der Waals surface area contributed by atoms with Crippen molar-refractivity contribution in [3.63, 3.8) is 0 Å². The van der Waals surface area contributed by atoms with E-state index in [0.717, 1.165) is 59.7 Å². The summed E-state index contributed by atoms with van der Waals surface area (Å²) in [6.45, 7) is 3.68. The van der Waals surface area contributed by atoms with Crippen LogP contribution in [0.2, 0.25) is 0 Å². The Bertz CT molecular complexity index is 626. The van der Waals surface area contributed by atoms with Gasteiger partial charge in [0, 0.05) is 6.08 Å². The number of fused-ring (bicyclic) bond motifs is 10. The number of carbonyl (C=O) groups excluding carboxylic acids is 1. The molecule has 6 aliphatic rings. The minimum Gasteiger partial charge on any atom is -0.459 e. The molecule has 0 spiro atoms. The van der Waals surface area contributed by atoms with Crippen molar-refractivity contribution in [1.29, 1.82) is 0 Å². The van der Waals surface area contributed by atoms with Gasteiger partial charge in [-0.05, 0) is 117 Å². The van der Waals surface area contributed by atoms with Gasteiger partial charge in [0.25, 0.3) is 0 Å². The molecule has 0 aromatic rings. The molecule has 6 rings (SSSR count). The van der Waals surface area contributed by atoms with Crippen LogP contribution in [0, 0.1) is 59.2 Å². The molecule has 6 saturated carbocycles. The minimum atomic E-state index is -0.173. The summed E-state index contributed by atoms with van der Waals surface area (Å²) in [5.41, 5.74) is 0. The molecule has 0 saturated heterocycles. The predicted molar refractivity (Wildman–Crippen MR) is 106 cm³/mol. The molecule has 0 radical (unpaired) electrons. The lowest BCUT2D eigenvalue weighted by atomic mass is 9.69. The first kappa shape index (κ1) is 17.1. The summed E-state index contributed by atoms with van der Waals surface area (Å²) in [6.07, 6.45) is 17.3. The third-order valence-electron chi connectivity index (χ3n) is 10.5. The quantitative estimate of drug-likeness (QED) is 0.465. The number of hydrogen-bond acceptors (Lipinski definition) is 2. The van der Waals surface area contributed by atoms with Crippen molar-refractivity contribution in [2.24, 2.45) is 59.2 Å². The van der Waals surface area contributed by atoms with Gasteiger partial charge in [0.2, 0.25) is 0 Å². The first-order valence-electron chi connectivity index (χ1n) is 12.1. The van der Waals surface area contributed by atoms with Gasteiger partial charge in [0.15, 0.2) is 0 Å². The van der Waals surface area contributed by atoms with Crippen LogP contribution in [0.4, 0.5) is 0 Å². The predicted octanol–water partition coefficient (Wildman–Crippen LogP) is 5.62. The summed E-state index contributed by atoms with van der Waals surface area (Å²) in [5, 5.41) is 0. The Morgan fingerprint density at radius 3 is 2.22 bits per heavy atom. The Morgan fingerprint density at radius 1 is 0.852 bits per heavy atom. The average molecular weight is 369 g/mol. The highest BCUT2D eigenvalue weighted by molar-refractivity contribution is 5.81. The molecule has 0 amide bonds. The Morgan fingerprint density at radius 2 is 1.48 bits per heavy atom. The number of carbonyl (C=O) groups is 1. The smallest absolute Gasteiger partial charge is 0.330 e. The zero-order chi connectivity index (χ0) is 18.1. The van der Waals surface area contributed by atoms with Gasteiger partial charge < -0.3 is 4.74 Å². The molecule has 0 N–H and O–H groups in total. The third kappa shape index (κ3) is 2.53. The highest BCUT2D eigenvalue weighted by atomic mass is 16.5. The van der Waals surface area contributed by atoms with Gasteiger partial charge in [-0.3, -0.25) is 0 Å². The fraction of sp³-hybridized carbons (Fsp3) is 0.880. The van der Waals surface area contributed by atoms with Crippen LogP contribution in [0.5, 0.6) is 0 Å². The maximum atomic E-state index is 12.2. The van der Waals surface area contributed by atoms with E-state index in [2.05, 4.69) is 6.58 Å². The van der Waals surface area contributed by atoms with E-state index in [1.54, 1.807) is 0 Å². The van der Waals surface area contributed by atoms with Gasteiger partial charge in [-0.1, -0.05) is 19.4 Å². The molecular weight excluding hydrogens is 332 g/mol. The molecule has 6 fully saturated rings. The molecular formula is C25H36O2. The summed E-state index contributed by atoms with van der Waals surface area (Å²) in [6, 6.07) is 0. The lowest BCUT2D eigenvalue weighted by Gasteiger charge is -2.39. The lowest BCUT2D eigenvalue weighted by molar-refractivity contribution is -0.149. The zero-order valence-electron chi connectivity index (χ0n) is 16.7. The van der Waals surface area contributed by atoms with Gasteiger partial charge in [-0.15, -0.1) is 0 Å². The monoisotopic (exact) mass is 368 g/mol. The second-order valence-corrected chi connectivity index (χ2v) is 11.1. The number of esters is 1. The van der Waals surface area contributed by atoms with E-state index in [9.17, 15) is 4.79 Å². The molecule has 6 aliphatic carbocycles. The Kier molecular flexibility index (Phi) is 4.03. The van der Waals surface area contributed by atoms with E-state index in [-0.39, 0.29) is 12.1 Å². The van der Waals surface area contributed by atoms with E-state index in [4.69, 9.17) is 4.74 Å². The van der Waals surface area contributed by atoms with Crippen molar-refractivity contribution in [3.8, 4) is 0 Å². The third-order valence-corrected chi connectivity index (χ3v) is 10.5. The zero-order valence-corrected chi connectivity index (χ0v) is 16.7. The van der Waals surface area contributed by atoms with E-state index >= 15 is 0 Å². The largest absolute Gasteiger partial charge is 0.459 e. The molecule has 11 atom stereocenters. The molecule has 4 bridgehead atoms. The summed E-state index contributed by atoms with van der Waals surface area (Å²) in [4.78, 5) is 12.2.